The molecule has 7 heteroatoms. The van der Waals surface area contributed by atoms with Crippen molar-refractivity contribution in [1.82, 2.24) is 0 Å². The van der Waals surface area contributed by atoms with E-state index in [0.29, 0.717) is 4.47 Å². The molecule has 1 rings (SSSR count). The van der Waals surface area contributed by atoms with Crippen LogP contribution in [0.1, 0.15) is 0 Å². The molecule has 0 aliphatic heterocycles. The molecule has 0 saturated carbocycles. The number of benzene rings is 1. The van der Waals surface area contributed by atoms with Gasteiger partial charge >= 0.3 is 6.36 Å². The summed E-state index contributed by atoms with van der Waals surface area (Å²) in [5.74, 6) is -0.529. The first kappa shape index (κ1) is 11.9. The van der Waals surface area contributed by atoms with Gasteiger partial charge in [-0.05, 0) is 12.1 Å². The highest BCUT2D eigenvalue weighted by molar-refractivity contribution is 9.10. The second kappa shape index (κ2) is 4.16. The van der Waals surface area contributed by atoms with Crippen LogP contribution in [-0.4, -0.2) is 6.36 Å². The van der Waals surface area contributed by atoms with E-state index in [1.165, 1.54) is 6.07 Å². The summed E-state index contributed by atoms with van der Waals surface area (Å²) in [7, 11) is 0. The summed E-state index contributed by atoms with van der Waals surface area (Å²) in [5.41, 5.74) is 0. The lowest BCUT2D eigenvalue weighted by atomic mass is 10.3. The van der Waals surface area contributed by atoms with Crippen LogP contribution in [0.5, 0.6) is 5.75 Å². The number of halogens is 6. The van der Waals surface area contributed by atoms with Crippen LogP contribution in [0.4, 0.5) is 13.2 Å². The van der Waals surface area contributed by atoms with Gasteiger partial charge in [-0.1, -0.05) is 39.1 Å². The van der Waals surface area contributed by atoms with Gasteiger partial charge in [0, 0.05) is 4.47 Å². The van der Waals surface area contributed by atoms with Crippen molar-refractivity contribution in [3.8, 4) is 5.75 Å². The molecule has 0 saturated heterocycles. The van der Waals surface area contributed by atoms with Crippen molar-refractivity contribution < 1.29 is 17.9 Å². The van der Waals surface area contributed by atoms with E-state index < -0.39 is 12.1 Å². The van der Waals surface area contributed by atoms with Gasteiger partial charge in [0.1, 0.15) is 5.02 Å². The molecule has 0 spiro atoms. The van der Waals surface area contributed by atoms with E-state index in [2.05, 4.69) is 20.7 Å². The molecule has 0 aliphatic rings. The van der Waals surface area contributed by atoms with Gasteiger partial charge in [0.2, 0.25) is 0 Å². The largest absolute Gasteiger partial charge is 0.573 e. The van der Waals surface area contributed by atoms with Crippen LogP contribution < -0.4 is 4.74 Å². The molecule has 14 heavy (non-hydrogen) atoms. The van der Waals surface area contributed by atoms with E-state index in [1.54, 1.807) is 0 Å². The van der Waals surface area contributed by atoms with Gasteiger partial charge in [-0.25, -0.2) is 0 Å². The standard InChI is InChI=1S/C7H2BrCl2F3O/c8-3-1-4(9)6(10)5(2-3)14-7(11,12)13/h1-2H. The lowest BCUT2D eigenvalue weighted by Gasteiger charge is -2.11. The predicted molar refractivity (Wildman–Crippen MR) is 50.8 cm³/mol. The molecular formula is C7H2BrCl2F3O. The molecule has 0 bridgehead atoms. The average Bonchev–Trinajstić information content (AvgIpc) is 1.96. The fraction of sp³-hybridized carbons (Fsp3) is 0.143. The third-order valence-corrected chi connectivity index (χ3v) is 2.43. The van der Waals surface area contributed by atoms with Crippen LogP contribution in [0.2, 0.25) is 10.0 Å². The molecule has 0 unspecified atom stereocenters. The quantitative estimate of drug-likeness (QED) is 0.686. The zero-order valence-corrected chi connectivity index (χ0v) is 9.43. The summed E-state index contributed by atoms with van der Waals surface area (Å²) >= 11 is 14.0. The lowest BCUT2D eigenvalue weighted by molar-refractivity contribution is -0.274. The molecule has 0 N–H and O–H groups in total. The fourth-order valence-electron chi connectivity index (χ4n) is 0.731. The monoisotopic (exact) mass is 308 g/mol. The maximum absolute atomic E-state index is 11.8. The Bertz CT molecular complexity index is 354. The van der Waals surface area contributed by atoms with Gasteiger partial charge in [0.25, 0.3) is 0 Å². The fourth-order valence-corrected chi connectivity index (χ4v) is 1.66. The molecular weight excluding hydrogens is 308 g/mol. The summed E-state index contributed by atoms with van der Waals surface area (Å²) in [6.07, 6.45) is -4.78. The maximum atomic E-state index is 11.8. The van der Waals surface area contributed by atoms with Crippen LogP contribution in [0.15, 0.2) is 16.6 Å². The number of alkyl halides is 3. The van der Waals surface area contributed by atoms with E-state index in [4.69, 9.17) is 23.2 Å². The zero-order valence-electron chi connectivity index (χ0n) is 6.33. The molecule has 1 aromatic rings. The highest BCUT2D eigenvalue weighted by Gasteiger charge is 2.32. The van der Waals surface area contributed by atoms with E-state index in [9.17, 15) is 13.2 Å². The summed E-state index contributed by atoms with van der Waals surface area (Å²) in [6, 6.07) is 2.45. The molecule has 0 radical (unpaired) electrons. The zero-order chi connectivity index (χ0) is 10.9. The van der Waals surface area contributed by atoms with Crippen molar-refractivity contribution in [3.05, 3.63) is 26.7 Å². The second-order valence-electron chi connectivity index (χ2n) is 2.25. The second-order valence-corrected chi connectivity index (χ2v) is 3.95. The van der Waals surface area contributed by atoms with E-state index in [-0.39, 0.29) is 10.0 Å². The van der Waals surface area contributed by atoms with Crippen molar-refractivity contribution in [2.75, 3.05) is 0 Å². The SMILES string of the molecule is FC(F)(F)Oc1cc(Br)cc(Cl)c1Cl. The minimum atomic E-state index is -4.78. The van der Waals surface area contributed by atoms with Gasteiger partial charge in [0.15, 0.2) is 5.75 Å². The molecule has 0 aliphatic carbocycles. The Morgan fingerprint density at radius 2 is 1.79 bits per heavy atom. The van der Waals surface area contributed by atoms with Crippen molar-refractivity contribution in [2.45, 2.75) is 6.36 Å². The lowest BCUT2D eigenvalue weighted by Crippen LogP contribution is -2.17. The minimum Gasteiger partial charge on any atom is -0.404 e. The summed E-state index contributed by atoms with van der Waals surface area (Å²) < 4.78 is 39.5. The van der Waals surface area contributed by atoms with Gasteiger partial charge in [-0.15, -0.1) is 13.2 Å². The minimum absolute atomic E-state index is 0.0136. The molecule has 1 nitrogen and oxygen atoms in total. The van der Waals surface area contributed by atoms with Crippen LogP contribution in [0.3, 0.4) is 0 Å². The first-order valence-electron chi connectivity index (χ1n) is 3.20. The topological polar surface area (TPSA) is 9.23 Å². The normalized spacial score (nSPS) is 11.6. The molecule has 1 aromatic carbocycles. The van der Waals surface area contributed by atoms with Crippen LogP contribution in [0.25, 0.3) is 0 Å². The van der Waals surface area contributed by atoms with Crippen molar-refractivity contribution in [2.24, 2.45) is 0 Å². The number of rotatable bonds is 1. The Labute approximate surface area is 95.9 Å². The number of ether oxygens (including phenoxy) is 1. The predicted octanol–water partition coefficient (Wildman–Crippen LogP) is 4.65. The first-order valence-corrected chi connectivity index (χ1v) is 4.75. The molecule has 0 atom stereocenters. The van der Waals surface area contributed by atoms with Gasteiger partial charge in [-0.3, -0.25) is 0 Å². The van der Waals surface area contributed by atoms with Gasteiger partial charge < -0.3 is 4.74 Å². The van der Waals surface area contributed by atoms with E-state index in [1.807, 2.05) is 0 Å². The number of hydrogen-bond donors (Lipinski definition) is 0. The number of hydrogen-bond acceptors (Lipinski definition) is 1. The average molecular weight is 310 g/mol. The van der Waals surface area contributed by atoms with Gasteiger partial charge in [0.05, 0.1) is 5.02 Å². The highest BCUT2D eigenvalue weighted by Crippen LogP contribution is 2.37. The molecule has 78 valence electrons. The molecule has 0 aromatic heterocycles. The Morgan fingerprint density at radius 3 is 2.29 bits per heavy atom. The Balaban J connectivity index is 3.09. The third-order valence-electron chi connectivity index (χ3n) is 1.19. The summed E-state index contributed by atoms with van der Waals surface area (Å²) in [6.45, 7) is 0. The summed E-state index contributed by atoms with van der Waals surface area (Å²) in [5, 5.41) is -0.285. The van der Waals surface area contributed by atoms with E-state index >= 15 is 0 Å². The van der Waals surface area contributed by atoms with Crippen molar-refractivity contribution in [1.29, 1.82) is 0 Å². The Hall–Kier alpha value is -0.130. The summed E-state index contributed by atoms with van der Waals surface area (Å²) in [4.78, 5) is 0. The molecule has 0 heterocycles. The van der Waals surface area contributed by atoms with Crippen LogP contribution >= 0.6 is 39.1 Å². The maximum Gasteiger partial charge on any atom is 0.573 e. The van der Waals surface area contributed by atoms with Gasteiger partial charge in [-0.2, -0.15) is 0 Å². The first-order chi connectivity index (χ1) is 6.29. The Morgan fingerprint density at radius 1 is 1.21 bits per heavy atom. The van der Waals surface area contributed by atoms with Crippen LogP contribution in [0, 0.1) is 0 Å². The van der Waals surface area contributed by atoms with Crippen molar-refractivity contribution in [3.63, 3.8) is 0 Å². The van der Waals surface area contributed by atoms with E-state index in [0.717, 1.165) is 6.07 Å². The van der Waals surface area contributed by atoms with Crippen LogP contribution in [-0.2, 0) is 0 Å². The highest BCUT2D eigenvalue weighted by atomic mass is 79.9. The molecule has 0 fully saturated rings. The third kappa shape index (κ3) is 3.22. The van der Waals surface area contributed by atoms with Crippen molar-refractivity contribution >= 4 is 39.1 Å². The smallest absolute Gasteiger partial charge is 0.404 e. The Kier molecular flexibility index (Phi) is 3.55. The molecule has 0 amide bonds.